The highest BCUT2D eigenvalue weighted by Gasteiger charge is 2.48. The van der Waals surface area contributed by atoms with Gasteiger partial charge < -0.3 is 24.8 Å². The molecule has 1 fully saturated rings. The number of aliphatic hydroxyl groups excluding tert-OH is 3. The summed E-state index contributed by atoms with van der Waals surface area (Å²) in [5.41, 5.74) is -0.477. The molecule has 0 spiro atoms. The summed E-state index contributed by atoms with van der Waals surface area (Å²) in [4.78, 5) is 13.4. The fraction of sp³-hybridized carbons (Fsp3) is 0.667. The van der Waals surface area contributed by atoms with E-state index in [1.54, 1.807) is 0 Å². The van der Waals surface area contributed by atoms with Gasteiger partial charge in [0, 0.05) is 0 Å². The summed E-state index contributed by atoms with van der Waals surface area (Å²) in [6.45, 7) is -0.443. The van der Waals surface area contributed by atoms with Gasteiger partial charge in [0.15, 0.2) is 12.3 Å². The number of H-pyrrole nitrogens is 1. The maximum absolute atomic E-state index is 11.1. The van der Waals surface area contributed by atoms with E-state index in [-0.39, 0.29) is 6.01 Å². The molecule has 9 nitrogen and oxygen atoms in total. The third kappa shape index (κ3) is 2.08. The van der Waals surface area contributed by atoms with Crippen LogP contribution < -0.4 is 15.0 Å². The monoisotopic (exact) mass is 260 g/mol. The molecule has 1 saturated heterocycles. The molecule has 1 aliphatic rings. The van der Waals surface area contributed by atoms with Crippen molar-refractivity contribution >= 4 is 0 Å². The van der Waals surface area contributed by atoms with Crippen molar-refractivity contribution in [1.29, 1.82) is 0 Å². The van der Waals surface area contributed by atoms with Gasteiger partial charge in [-0.2, -0.15) is 4.98 Å². The molecule has 4 N–H and O–H groups in total. The van der Waals surface area contributed by atoms with Crippen LogP contribution >= 0.6 is 0 Å². The van der Waals surface area contributed by atoms with E-state index in [0.717, 1.165) is 10.9 Å². The van der Waals surface area contributed by atoms with Gasteiger partial charge in [0.2, 0.25) is 0 Å². The summed E-state index contributed by atoms with van der Waals surface area (Å²) >= 11 is 0. The Labute approximate surface area is 101 Å². The first-order chi connectivity index (χ1) is 8.58. The number of methoxy groups -OCH3 is 1. The Hall–Kier alpha value is -1.55. The molecule has 4 atom stereocenters. The van der Waals surface area contributed by atoms with E-state index < -0.39 is 36.7 Å². The molecule has 2 rings (SSSR count). The number of hydrogen-bond acceptors (Lipinski definition) is 7. The van der Waals surface area contributed by atoms with Gasteiger partial charge in [0.1, 0.15) is 12.2 Å². The van der Waals surface area contributed by atoms with Crippen LogP contribution in [0.4, 0.5) is 0 Å². The Morgan fingerprint density at radius 2 is 2.28 bits per heavy atom. The Kier molecular flexibility index (Phi) is 3.57. The fourth-order valence-corrected chi connectivity index (χ4v) is 1.77. The normalized spacial score (nSPS) is 31.6. The minimum atomic E-state index is -1.29. The SMILES string of the molecule is COc1[nH]c(=O)cn[n+]1[C@@H]1OC(CO)C(O)C1O. The van der Waals surface area contributed by atoms with Gasteiger partial charge in [-0.05, 0) is 0 Å². The van der Waals surface area contributed by atoms with Gasteiger partial charge in [-0.15, -0.1) is 0 Å². The molecule has 1 aromatic rings. The van der Waals surface area contributed by atoms with E-state index >= 15 is 0 Å². The van der Waals surface area contributed by atoms with Crippen molar-refractivity contribution in [3.63, 3.8) is 0 Å². The molecular weight excluding hydrogens is 246 g/mol. The van der Waals surface area contributed by atoms with Crippen LogP contribution in [0.2, 0.25) is 0 Å². The van der Waals surface area contributed by atoms with Gasteiger partial charge in [-0.3, -0.25) is 0 Å². The first-order valence-corrected chi connectivity index (χ1v) is 5.26. The third-order valence-corrected chi connectivity index (χ3v) is 2.69. The molecule has 0 radical (unpaired) electrons. The zero-order valence-corrected chi connectivity index (χ0v) is 9.55. The average molecular weight is 260 g/mol. The first-order valence-electron chi connectivity index (χ1n) is 5.26. The predicted octanol–water partition coefficient (Wildman–Crippen LogP) is -3.32. The number of aliphatic hydroxyl groups is 3. The molecule has 18 heavy (non-hydrogen) atoms. The number of rotatable bonds is 3. The molecule has 0 saturated carbocycles. The summed E-state index contributed by atoms with van der Waals surface area (Å²) in [7, 11) is 1.31. The van der Waals surface area contributed by atoms with Gasteiger partial charge in [0.25, 0.3) is 6.23 Å². The molecule has 0 amide bonds. The van der Waals surface area contributed by atoms with E-state index in [9.17, 15) is 15.0 Å². The minimum absolute atomic E-state index is 0.0302. The fourth-order valence-electron chi connectivity index (χ4n) is 1.77. The van der Waals surface area contributed by atoms with Crippen molar-refractivity contribution in [2.45, 2.75) is 24.5 Å². The van der Waals surface area contributed by atoms with Crippen LogP contribution in [0.1, 0.15) is 6.23 Å². The maximum atomic E-state index is 11.1. The van der Waals surface area contributed by atoms with Crippen molar-refractivity contribution in [2.75, 3.05) is 13.7 Å². The van der Waals surface area contributed by atoms with Crippen molar-refractivity contribution in [2.24, 2.45) is 0 Å². The van der Waals surface area contributed by atoms with Crippen LogP contribution in [-0.2, 0) is 4.74 Å². The van der Waals surface area contributed by atoms with Crippen LogP contribution in [0.5, 0.6) is 6.01 Å². The molecule has 0 aliphatic carbocycles. The highest BCUT2D eigenvalue weighted by atomic mass is 16.6. The van der Waals surface area contributed by atoms with Gasteiger partial charge in [0.05, 0.1) is 13.7 Å². The van der Waals surface area contributed by atoms with Crippen molar-refractivity contribution in [1.82, 2.24) is 10.1 Å². The lowest BCUT2D eigenvalue weighted by Gasteiger charge is -2.11. The Balaban J connectivity index is 2.35. The molecular formula is C9H14N3O6+. The van der Waals surface area contributed by atoms with E-state index in [2.05, 4.69) is 10.1 Å². The summed E-state index contributed by atoms with van der Waals surface area (Å²) in [6, 6.07) is -0.0302. The van der Waals surface area contributed by atoms with E-state index in [1.165, 1.54) is 7.11 Å². The largest absolute Gasteiger partial charge is 0.480 e. The van der Waals surface area contributed by atoms with Crippen molar-refractivity contribution in [3.05, 3.63) is 16.6 Å². The molecule has 0 aromatic carbocycles. The molecule has 1 aromatic heterocycles. The molecule has 0 bridgehead atoms. The van der Waals surface area contributed by atoms with E-state index in [1.807, 2.05) is 0 Å². The van der Waals surface area contributed by atoms with Crippen molar-refractivity contribution < 1.29 is 29.5 Å². The minimum Gasteiger partial charge on any atom is -0.433 e. The quantitative estimate of drug-likeness (QED) is 0.418. The zero-order chi connectivity index (χ0) is 13.3. The lowest BCUT2D eigenvalue weighted by Crippen LogP contribution is -2.51. The maximum Gasteiger partial charge on any atom is 0.480 e. The second-order valence-corrected chi connectivity index (χ2v) is 3.82. The molecule has 100 valence electrons. The van der Waals surface area contributed by atoms with Gasteiger partial charge in [-0.1, -0.05) is 9.78 Å². The number of aromatic amines is 1. The van der Waals surface area contributed by atoms with E-state index in [0.29, 0.717) is 0 Å². The number of aromatic nitrogens is 3. The third-order valence-electron chi connectivity index (χ3n) is 2.69. The lowest BCUT2D eigenvalue weighted by atomic mass is 10.1. The molecule has 9 heteroatoms. The summed E-state index contributed by atoms with van der Waals surface area (Å²) in [5.74, 6) is 0. The second-order valence-electron chi connectivity index (χ2n) is 3.82. The van der Waals surface area contributed by atoms with Crippen LogP contribution in [0.3, 0.4) is 0 Å². The topological polar surface area (TPSA) is 129 Å². The summed E-state index contributed by atoms with van der Waals surface area (Å²) in [6.07, 6.45) is -3.53. The van der Waals surface area contributed by atoms with Crippen LogP contribution in [-0.4, -0.2) is 57.4 Å². The van der Waals surface area contributed by atoms with E-state index in [4.69, 9.17) is 14.6 Å². The summed E-state index contributed by atoms with van der Waals surface area (Å²) in [5, 5.41) is 32.2. The highest BCUT2D eigenvalue weighted by molar-refractivity contribution is 4.86. The van der Waals surface area contributed by atoms with Crippen LogP contribution in [0.15, 0.2) is 11.0 Å². The van der Waals surface area contributed by atoms with Crippen LogP contribution in [0, 0.1) is 0 Å². The first kappa shape index (κ1) is 12.9. The van der Waals surface area contributed by atoms with Gasteiger partial charge >= 0.3 is 11.6 Å². The molecule has 3 unspecified atom stereocenters. The number of nitrogens with zero attached hydrogens (tertiary/aromatic N) is 2. The lowest BCUT2D eigenvalue weighted by molar-refractivity contribution is -0.819. The number of hydrogen-bond donors (Lipinski definition) is 4. The predicted molar refractivity (Wildman–Crippen MR) is 54.6 cm³/mol. The van der Waals surface area contributed by atoms with Crippen molar-refractivity contribution in [3.8, 4) is 6.01 Å². The Morgan fingerprint density at radius 1 is 1.56 bits per heavy atom. The second kappa shape index (κ2) is 4.98. The molecule has 2 heterocycles. The van der Waals surface area contributed by atoms with Crippen LogP contribution in [0.25, 0.3) is 0 Å². The smallest absolute Gasteiger partial charge is 0.433 e. The standard InChI is InChI=1S/C9H13N3O6/c1-17-9-11-5(14)2-10-12(9)8-7(16)6(15)4(3-13)18-8/h2,4,6-8,13,15-16H,3H2,1H3/p+1/t4?,6?,7?,8-/m1/s1. The number of ether oxygens (including phenoxy) is 2. The zero-order valence-electron chi connectivity index (χ0n) is 9.55. The summed E-state index contributed by atoms with van der Waals surface area (Å²) < 4.78 is 11.2. The Morgan fingerprint density at radius 3 is 2.83 bits per heavy atom. The van der Waals surface area contributed by atoms with Gasteiger partial charge in [-0.25, -0.2) is 4.79 Å². The molecule has 1 aliphatic heterocycles. The average Bonchev–Trinajstić information content (AvgIpc) is 2.66. The highest BCUT2D eigenvalue weighted by Crippen LogP contribution is 2.25. The Bertz CT molecular complexity index is 478. The number of nitrogens with one attached hydrogen (secondary N) is 1.